The number of halogens is 5. The molecule has 0 saturated heterocycles. The fraction of sp³-hybridized carbons (Fsp3) is 0.158. The lowest BCUT2D eigenvalue weighted by atomic mass is 10.1. The van der Waals surface area contributed by atoms with Crippen LogP contribution >= 0.6 is 11.6 Å². The average molecular weight is 429 g/mol. The lowest BCUT2D eigenvalue weighted by Gasteiger charge is -2.11. The van der Waals surface area contributed by atoms with Crippen LogP contribution in [0.25, 0.3) is 11.3 Å². The lowest BCUT2D eigenvalue weighted by molar-refractivity contribution is -0.137. The zero-order valence-electron chi connectivity index (χ0n) is 14.6. The largest absolute Gasteiger partial charge is 0.416 e. The lowest BCUT2D eigenvalue weighted by Crippen LogP contribution is -2.19. The summed E-state index contributed by atoms with van der Waals surface area (Å²) in [6.45, 7) is -0.514. The van der Waals surface area contributed by atoms with Gasteiger partial charge in [0.05, 0.1) is 22.9 Å². The smallest absolute Gasteiger partial charge is 0.365 e. The van der Waals surface area contributed by atoms with Crippen LogP contribution in [0.3, 0.4) is 0 Å². The quantitative estimate of drug-likeness (QED) is 0.540. The minimum absolute atomic E-state index is 0.0354. The van der Waals surface area contributed by atoms with Crippen molar-refractivity contribution in [3.8, 4) is 11.3 Å². The number of carbonyl (C=O) groups excluding carboxylic acids is 1. The molecule has 0 unspecified atom stereocenters. The van der Waals surface area contributed by atoms with E-state index in [0.717, 1.165) is 18.2 Å². The van der Waals surface area contributed by atoms with Crippen LogP contribution in [0.15, 0.2) is 53.1 Å². The first-order valence-electron chi connectivity index (χ1n) is 8.18. The summed E-state index contributed by atoms with van der Waals surface area (Å²) in [5.41, 5.74) is -0.111. The Balaban J connectivity index is 1.54. The van der Waals surface area contributed by atoms with Gasteiger partial charge in [0.2, 0.25) is 5.91 Å². The number of anilines is 1. The molecular weight excluding hydrogens is 416 g/mol. The number of alkyl halides is 3. The standard InChI is InChI=1S/C19H13ClF4N2O3/c20-15-6-3-12(19(22,23)24)7-16(15)25-18(27)10-28-9-14-8-17(29-26-14)11-1-4-13(21)5-2-11/h1-8H,9-10H2,(H,25,27). The van der Waals surface area contributed by atoms with Gasteiger partial charge in [0.25, 0.3) is 0 Å². The Morgan fingerprint density at radius 2 is 1.86 bits per heavy atom. The van der Waals surface area contributed by atoms with Gasteiger partial charge < -0.3 is 14.6 Å². The fourth-order valence-electron chi connectivity index (χ4n) is 2.36. The highest BCUT2D eigenvalue weighted by molar-refractivity contribution is 6.33. The summed E-state index contributed by atoms with van der Waals surface area (Å²) in [6, 6.07) is 9.76. The van der Waals surface area contributed by atoms with Crippen molar-refractivity contribution < 1.29 is 31.6 Å². The molecule has 29 heavy (non-hydrogen) atoms. The Morgan fingerprint density at radius 1 is 1.14 bits per heavy atom. The summed E-state index contributed by atoms with van der Waals surface area (Å²) >= 11 is 5.82. The highest BCUT2D eigenvalue weighted by atomic mass is 35.5. The Labute approximate surface area is 167 Å². The van der Waals surface area contributed by atoms with Gasteiger partial charge in [-0.2, -0.15) is 13.2 Å². The van der Waals surface area contributed by atoms with Crippen LogP contribution in [0.1, 0.15) is 11.3 Å². The summed E-state index contributed by atoms with van der Waals surface area (Å²) in [5, 5.41) is 6.01. The normalized spacial score (nSPS) is 11.5. The van der Waals surface area contributed by atoms with Crippen LogP contribution in [-0.2, 0) is 22.3 Å². The van der Waals surface area contributed by atoms with Crippen LogP contribution in [0.4, 0.5) is 23.2 Å². The van der Waals surface area contributed by atoms with E-state index in [-0.39, 0.29) is 23.1 Å². The third-order valence-electron chi connectivity index (χ3n) is 3.74. The van der Waals surface area contributed by atoms with Crippen molar-refractivity contribution in [2.75, 3.05) is 11.9 Å². The van der Waals surface area contributed by atoms with E-state index in [4.69, 9.17) is 20.9 Å². The van der Waals surface area contributed by atoms with Gasteiger partial charge >= 0.3 is 6.18 Å². The molecule has 0 radical (unpaired) electrons. The molecule has 2 aromatic carbocycles. The molecule has 0 atom stereocenters. The predicted molar refractivity (Wildman–Crippen MR) is 96.6 cm³/mol. The highest BCUT2D eigenvalue weighted by Crippen LogP contribution is 2.33. The number of rotatable bonds is 6. The van der Waals surface area contributed by atoms with Crippen molar-refractivity contribution in [2.24, 2.45) is 0 Å². The Hall–Kier alpha value is -2.91. The number of nitrogens with zero attached hydrogens (tertiary/aromatic N) is 1. The summed E-state index contributed by atoms with van der Waals surface area (Å²) in [5.74, 6) is -0.680. The third kappa shape index (κ3) is 5.55. The van der Waals surface area contributed by atoms with Gasteiger partial charge in [0.15, 0.2) is 5.76 Å². The topological polar surface area (TPSA) is 64.4 Å². The molecule has 0 fully saturated rings. The van der Waals surface area contributed by atoms with Gasteiger partial charge in [0, 0.05) is 11.6 Å². The molecule has 0 bridgehead atoms. The molecule has 3 rings (SSSR count). The highest BCUT2D eigenvalue weighted by Gasteiger charge is 2.31. The number of hydrogen-bond acceptors (Lipinski definition) is 4. The molecule has 10 heteroatoms. The Kier molecular flexibility index (Phi) is 6.19. The second kappa shape index (κ2) is 8.62. The van der Waals surface area contributed by atoms with Crippen molar-refractivity contribution in [3.05, 3.63) is 70.6 Å². The van der Waals surface area contributed by atoms with Crippen molar-refractivity contribution in [2.45, 2.75) is 12.8 Å². The molecule has 1 N–H and O–H groups in total. The molecule has 3 aromatic rings. The van der Waals surface area contributed by atoms with Crippen molar-refractivity contribution in [3.63, 3.8) is 0 Å². The van der Waals surface area contributed by atoms with Gasteiger partial charge in [-0.3, -0.25) is 4.79 Å². The van der Waals surface area contributed by atoms with Gasteiger partial charge in [-0.25, -0.2) is 4.39 Å². The first kappa shape index (κ1) is 20.8. The first-order chi connectivity index (χ1) is 13.7. The summed E-state index contributed by atoms with van der Waals surface area (Å²) in [7, 11) is 0. The fourth-order valence-corrected chi connectivity index (χ4v) is 2.53. The van der Waals surface area contributed by atoms with Gasteiger partial charge in [-0.1, -0.05) is 16.8 Å². The summed E-state index contributed by atoms with van der Waals surface area (Å²) in [4.78, 5) is 11.9. The molecule has 0 saturated carbocycles. The molecule has 1 amide bonds. The van der Waals surface area contributed by atoms with Crippen LogP contribution in [-0.4, -0.2) is 17.7 Å². The molecule has 0 aliphatic carbocycles. The summed E-state index contributed by atoms with van der Waals surface area (Å²) < 4.78 is 61.5. The molecule has 5 nitrogen and oxygen atoms in total. The number of ether oxygens (including phenoxy) is 1. The number of hydrogen-bond donors (Lipinski definition) is 1. The van der Waals surface area contributed by atoms with E-state index in [9.17, 15) is 22.4 Å². The average Bonchev–Trinajstić information content (AvgIpc) is 3.12. The zero-order chi connectivity index (χ0) is 21.0. The second-order valence-corrected chi connectivity index (χ2v) is 6.33. The molecule has 1 aromatic heterocycles. The minimum Gasteiger partial charge on any atom is -0.365 e. The Bertz CT molecular complexity index is 1000. The molecule has 0 aliphatic heterocycles. The molecule has 1 heterocycles. The molecule has 0 aliphatic rings. The van der Waals surface area contributed by atoms with E-state index < -0.39 is 24.3 Å². The third-order valence-corrected chi connectivity index (χ3v) is 4.07. The maximum Gasteiger partial charge on any atom is 0.416 e. The monoisotopic (exact) mass is 428 g/mol. The van der Waals surface area contributed by atoms with Crippen molar-refractivity contribution >= 4 is 23.2 Å². The van der Waals surface area contributed by atoms with Crippen molar-refractivity contribution in [1.82, 2.24) is 5.16 Å². The van der Waals surface area contributed by atoms with E-state index in [1.807, 2.05) is 0 Å². The van der Waals surface area contributed by atoms with E-state index >= 15 is 0 Å². The predicted octanol–water partition coefficient (Wildman–Crippen LogP) is 5.31. The van der Waals surface area contributed by atoms with Gasteiger partial charge in [-0.15, -0.1) is 0 Å². The Morgan fingerprint density at radius 3 is 2.55 bits per heavy atom. The van der Waals surface area contributed by atoms with E-state index in [1.54, 1.807) is 6.07 Å². The van der Waals surface area contributed by atoms with Gasteiger partial charge in [-0.05, 0) is 42.5 Å². The van der Waals surface area contributed by atoms with E-state index in [2.05, 4.69) is 10.5 Å². The van der Waals surface area contributed by atoms with Crippen LogP contribution in [0, 0.1) is 5.82 Å². The van der Waals surface area contributed by atoms with Gasteiger partial charge in [0.1, 0.15) is 18.1 Å². The van der Waals surface area contributed by atoms with Crippen LogP contribution in [0.5, 0.6) is 0 Å². The minimum atomic E-state index is -4.56. The second-order valence-electron chi connectivity index (χ2n) is 5.92. The van der Waals surface area contributed by atoms with Crippen LogP contribution in [0.2, 0.25) is 5.02 Å². The van der Waals surface area contributed by atoms with Crippen molar-refractivity contribution in [1.29, 1.82) is 0 Å². The zero-order valence-corrected chi connectivity index (χ0v) is 15.4. The number of carbonyl (C=O) groups is 1. The maximum atomic E-state index is 12.9. The number of aromatic nitrogens is 1. The number of nitrogens with one attached hydrogen (secondary N) is 1. The SMILES string of the molecule is O=C(COCc1cc(-c2ccc(F)cc2)on1)Nc1cc(C(F)(F)F)ccc1Cl. The van der Waals surface area contributed by atoms with E-state index in [1.165, 1.54) is 24.3 Å². The summed E-state index contributed by atoms with van der Waals surface area (Å²) in [6.07, 6.45) is -4.56. The molecule has 152 valence electrons. The van der Waals surface area contributed by atoms with Crippen LogP contribution < -0.4 is 5.32 Å². The molecule has 0 spiro atoms. The molecular formula is C19H13ClF4N2O3. The number of benzene rings is 2. The van der Waals surface area contributed by atoms with E-state index in [0.29, 0.717) is 17.0 Å². The number of amides is 1. The maximum absolute atomic E-state index is 12.9. The first-order valence-corrected chi connectivity index (χ1v) is 8.56.